The van der Waals surface area contributed by atoms with Gasteiger partial charge in [-0.2, -0.15) is 0 Å². The Balaban J connectivity index is 2.36. The fourth-order valence-electron chi connectivity index (χ4n) is 1.80. The second-order valence-electron chi connectivity index (χ2n) is 5.40. The van der Waals surface area contributed by atoms with E-state index in [-0.39, 0.29) is 5.91 Å². The van der Waals surface area contributed by atoms with Crippen LogP contribution in [0.2, 0.25) is 0 Å². The van der Waals surface area contributed by atoms with Crippen LogP contribution in [0.1, 0.15) is 26.3 Å². The first-order chi connectivity index (χ1) is 10.0. The predicted molar refractivity (Wildman–Crippen MR) is 88.7 cm³/mol. The standard InChI is InChI=1S/C16H26N4O/c1-12(2)11-19-16(17-4)18-10-9-14-5-7-15(8-6-14)20-13(3)21/h5-8,12H,9-11H2,1-4H3,(H,20,21)(H2,17,18,19). The van der Waals surface area contributed by atoms with E-state index in [2.05, 4.69) is 34.8 Å². The number of anilines is 1. The molecular formula is C16H26N4O. The summed E-state index contributed by atoms with van der Waals surface area (Å²) in [6, 6.07) is 7.89. The molecule has 0 saturated heterocycles. The van der Waals surface area contributed by atoms with Gasteiger partial charge < -0.3 is 16.0 Å². The minimum Gasteiger partial charge on any atom is -0.356 e. The van der Waals surface area contributed by atoms with Gasteiger partial charge >= 0.3 is 0 Å². The summed E-state index contributed by atoms with van der Waals surface area (Å²) in [5.74, 6) is 1.37. The van der Waals surface area contributed by atoms with Crippen molar-refractivity contribution in [2.75, 3.05) is 25.5 Å². The first-order valence-electron chi connectivity index (χ1n) is 7.32. The lowest BCUT2D eigenvalue weighted by molar-refractivity contribution is -0.114. The minimum absolute atomic E-state index is 0.0514. The number of amides is 1. The summed E-state index contributed by atoms with van der Waals surface area (Å²) >= 11 is 0. The molecule has 0 aromatic heterocycles. The van der Waals surface area contributed by atoms with Gasteiger partial charge in [0.25, 0.3) is 0 Å². The van der Waals surface area contributed by atoms with Crippen molar-refractivity contribution in [3.05, 3.63) is 29.8 Å². The number of carbonyl (C=O) groups is 1. The molecule has 1 aromatic carbocycles. The molecule has 21 heavy (non-hydrogen) atoms. The Morgan fingerprint density at radius 3 is 2.38 bits per heavy atom. The summed E-state index contributed by atoms with van der Waals surface area (Å²) in [6.45, 7) is 7.56. The first-order valence-corrected chi connectivity index (χ1v) is 7.32. The Morgan fingerprint density at radius 2 is 1.86 bits per heavy atom. The molecule has 3 N–H and O–H groups in total. The van der Waals surface area contributed by atoms with E-state index < -0.39 is 0 Å². The monoisotopic (exact) mass is 290 g/mol. The van der Waals surface area contributed by atoms with Crippen molar-refractivity contribution in [3.63, 3.8) is 0 Å². The van der Waals surface area contributed by atoms with Gasteiger partial charge in [-0.1, -0.05) is 26.0 Å². The second-order valence-corrected chi connectivity index (χ2v) is 5.40. The molecule has 0 aliphatic heterocycles. The molecule has 5 nitrogen and oxygen atoms in total. The van der Waals surface area contributed by atoms with Crippen LogP contribution in [0.3, 0.4) is 0 Å². The lowest BCUT2D eigenvalue weighted by Gasteiger charge is -2.13. The number of hydrogen-bond acceptors (Lipinski definition) is 2. The highest BCUT2D eigenvalue weighted by Crippen LogP contribution is 2.09. The van der Waals surface area contributed by atoms with Crippen LogP contribution in [0.4, 0.5) is 5.69 Å². The number of rotatable bonds is 6. The van der Waals surface area contributed by atoms with E-state index in [9.17, 15) is 4.79 Å². The van der Waals surface area contributed by atoms with Crippen LogP contribution in [-0.2, 0) is 11.2 Å². The van der Waals surface area contributed by atoms with Gasteiger partial charge in [-0.05, 0) is 30.0 Å². The molecule has 0 unspecified atom stereocenters. The van der Waals surface area contributed by atoms with Crippen molar-refractivity contribution in [2.24, 2.45) is 10.9 Å². The molecule has 0 spiro atoms. The smallest absolute Gasteiger partial charge is 0.221 e. The summed E-state index contributed by atoms with van der Waals surface area (Å²) in [5, 5.41) is 9.33. The summed E-state index contributed by atoms with van der Waals surface area (Å²) in [6.07, 6.45) is 0.905. The number of nitrogens with one attached hydrogen (secondary N) is 3. The normalized spacial score (nSPS) is 11.4. The van der Waals surface area contributed by atoms with Crippen molar-refractivity contribution >= 4 is 17.6 Å². The Kier molecular flexibility index (Phi) is 7.29. The molecule has 0 aliphatic rings. The Bertz CT molecular complexity index is 466. The molecule has 116 valence electrons. The molecular weight excluding hydrogens is 264 g/mol. The Morgan fingerprint density at radius 1 is 1.19 bits per heavy atom. The molecule has 1 aromatic rings. The molecule has 5 heteroatoms. The maximum Gasteiger partial charge on any atom is 0.221 e. The molecule has 0 heterocycles. The van der Waals surface area contributed by atoms with Crippen LogP contribution >= 0.6 is 0 Å². The van der Waals surface area contributed by atoms with Crippen LogP contribution in [0.5, 0.6) is 0 Å². The van der Waals surface area contributed by atoms with Gasteiger partial charge in [0.15, 0.2) is 5.96 Å². The number of benzene rings is 1. The molecule has 0 atom stereocenters. The lowest BCUT2D eigenvalue weighted by atomic mass is 10.1. The van der Waals surface area contributed by atoms with Gasteiger partial charge in [0.1, 0.15) is 0 Å². The fraction of sp³-hybridized carbons (Fsp3) is 0.500. The van der Waals surface area contributed by atoms with Crippen LogP contribution in [0.25, 0.3) is 0 Å². The van der Waals surface area contributed by atoms with Crippen molar-refractivity contribution < 1.29 is 4.79 Å². The molecule has 0 bridgehead atoms. The van der Waals surface area contributed by atoms with Crippen molar-refractivity contribution in [2.45, 2.75) is 27.2 Å². The average Bonchev–Trinajstić information content (AvgIpc) is 2.43. The third-order valence-electron chi connectivity index (χ3n) is 2.88. The minimum atomic E-state index is -0.0514. The third kappa shape index (κ3) is 7.34. The molecule has 0 fully saturated rings. The van der Waals surface area contributed by atoms with E-state index in [1.807, 2.05) is 24.3 Å². The Labute approximate surface area is 127 Å². The highest BCUT2D eigenvalue weighted by atomic mass is 16.1. The predicted octanol–water partition coefficient (Wildman–Crippen LogP) is 2.01. The van der Waals surface area contributed by atoms with Crippen LogP contribution in [-0.4, -0.2) is 32.0 Å². The number of nitrogens with zero attached hydrogens (tertiary/aromatic N) is 1. The zero-order chi connectivity index (χ0) is 15.7. The van der Waals surface area contributed by atoms with Crippen molar-refractivity contribution in [1.82, 2.24) is 10.6 Å². The highest BCUT2D eigenvalue weighted by molar-refractivity contribution is 5.88. The van der Waals surface area contributed by atoms with Crippen molar-refractivity contribution in [1.29, 1.82) is 0 Å². The molecule has 0 aliphatic carbocycles. The molecule has 1 amide bonds. The van der Waals surface area contributed by atoms with E-state index in [0.717, 1.165) is 31.2 Å². The van der Waals surface area contributed by atoms with Crippen molar-refractivity contribution in [3.8, 4) is 0 Å². The van der Waals surface area contributed by atoms with E-state index in [1.54, 1.807) is 7.05 Å². The lowest BCUT2D eigenvalue weighted by Crippen LogP contribution is -2.39. The summed E-state index contributed by atoms with van der Waals surface area (Å²) in [7, 11) is 1.78. The van der Waals surface area contributed by atoms with Gasteiger partial charge in [0, 0.05) is 32.7 Å². The topological polar surface area (TPSA) is 65.5 Å². The van der Waals surface area contributed by atoms with Gasteiger partial charge in [-0.3, -0.25) is 9.79 Å². The number of guanidine groups is 1. The zero-order valence-electron chi connectivity index (χ0n) is 13.4. The quantitative estimate of drug-likeness (QED) is 0.554. The second kappa shape index (κ2) is 9.00. The highest BCUT2D eigenvalue weighted by Gasteiger charge is 2.00. The molecule has 0 saturated carbocycles. The first kappa shape index (κ1) is 17.0. The van der Waals surface area contributed by atoms with E-state index in [4.69, 9.17) is 0 Å². The fourth-order valence-corrected chi connectivity index (χ4v) is 1.80. The van der Waals surface area contributed by atoms with Gasteiger partial charge in [-0.25, -0.2) is 0 Å². The molecule has 1 rings (SSSR count). The van der Waals surface area contributed by atoms with Crippen LogP contribution in [0, 0.1) is 5.92 Å². The third-order valence-corrected chi connectivity index (χ3v) is 2.88. The Hall–Kier alpha value is -2.04. The summed E-state index contributed by atoms with van der Waals surface area (Å²) in [5.41, 5.74) is 2.05. The van der Waals surface area contributed by atoms with Gasteiger partial charge in [-0.15, -0.1) is 0 Å². The van der Waals surface area contributed by atoms with Crippen LogP contribution < -0.4 is 16.0 Å². The van der Waals surface area contributed by atoms with Gasteiger partial charge in [0.05, 0.1) is 0 Å². The van der Waals surface area contributed by atoms with E-state index in [0.29, 0.717) is 5.92 Å². The summed E-state index contributed by atoms with van der Waals surface area (Å²) < 4.78 is 0. The number of aliphatic imine (C=N–C) groups is 1. The van der Waals surface area contributed by atoms with Crippen LogP contribution in [0.15, 0.2) is 29.3 Å². The number of carbonyl (C=O) groups excluding carboxylic acids is 1. The maximum absolute atomic E-state index is 10.9. The summed E-state index contributed by atoms with van der Waals surface area (Å²) in [4.78, 5) is 15.1. The SMILES string of the molecule is CN=C(NCCc1ccc(NC(C)=O)cc1)NCC(C)C. The average molecular weight is 290 g/mol. The maximum atomic E-state index is 10.9. The molecule has 0 radical (unpaired) electrons. The van der Waals surface area contributed by atoms with E-state index >= 15 is 0 Å². The largest absolute Gasteiger partial charge is 0.356 e. The van der Waals surface area contributed by atoms with E-state index in [1.165, 1.54) is 12.5 Å². The van der Waals surface area contributed by atoms with Gasteiger partial charge in [0.2, 0.25) is 5.91 Å². The number of hydrogen-bond donors (Lipinski definition) is 3. The zero-order valence-corrected chi connectivity index (χ0v) is 13.4.